The van der Waals surface area contributed by atoms with Crippen LogP contribution in [0.15, 0.2) is 34.5 Å². The number of anilines is 1. The number of thiophene rings is 1. The summed E-state index contributed by atoms with van der Waals surface area (Å²) < 4.78 is 26.0. The van der Waals surface area contributed by atoms with Gasteiger partial charge in [-0.2, -0.15) is 0 Å². The summed E-state index contributed by atoms with van der Waals surface area (Å²) in [6.07, 6.45) is 0. The van der Waals surface area contributed by atoms with Gasteiger partial charge < -0.3 is 5.32 Å². The maximum Gasteiger partial charge on any atom is 0.159 e. The summed E-state index contributed by atoms with van der Waals surface area (Å²) in [5.74, 6) is 0.248. The molecule has 0 aliphatic heterocycles. The SMILES string of the molecule is CNc1nc(CSc2ccc(F)c(F)c2)nc2sccc12. The molecule has 0 bridgehead atoms. The minimum atomic E-state index is -0.842. The molecule has 0 amide bonds. The van der Waals surface area contributed by atoms with Gasteiger partial charge in [0.25, 0.3) is 0 Å². The fraction of sp³-hybridized carbons (Fsp3) is 0.143. The molecular weight excluding hydrogens is 312 g/mol. The lowest BCUT2D eigenvalue weighted by atomic mass is 10.3. The lowest BCUT2D eigenvalue weighted by Crippen LogP contribution is -1.99. The van der Waals surface area contributed by atoms with Gasteiger partial charge in [0, 0.05) is 11.9 Å². The van der Waals surface area contributed by atoms with Crippen molar-refractivity contribution in [2.24, 2.45) is 0 Å². The number of rotatable bonds is 4. The van der Waals surface area contributed by atoms with E-state index in [1.54, 1.807) is 17.4 Å². The standard InChI is InChI=1S/C14H11F2N3S2/c1-17-13-9-4-5-20-14(9)19-12(18-13)7-21-8-2-3-10(15)11(16)6-8/h2-6H,7H2,1H3,(H,17,18,19). The lowest BCUT2D eigenvalue weighted by molar-refractivity contribution is 0.506. The van der Waals surface area contributed by atoms with Crippen molar-refractivity contribution in [3.8, 4) is 0 Å². The van der Waals surface area contributed by atoms with Gasteiger partial charge in [-0.25, -0.2) is 18.7 Å². The van der Waals surface area contributed by atoms with E-state index in [4.69, 9.17) is 0 Å². The average Bonchev–Trinajstić information content (AvgIpc) is 2.96. The zero-order chi connectivity index (χ0) is 14.8. The van der Waals surface area contributed by atoms with Gasteiger partial charge >= 0.3 is 0 Å². The van der Waals surface area contributed by atoms with Gasteiger partial charge in [-0.1, -0.05) is 0 Å². The number of nitrogens with zero attached hydrogens (tertiary/aromatic N) is 2. The van der Waals surface area contributed by atoms with Crippen LogP contribution in [0.25, 0.3) is 10.2 Å². The van der Waals surface area contributed by atoms with E-state index in [0.717, 1.165) is 22.1 Å². The first kappa shape index (κ1) is 14.2. The molecule has 0 fully saturated rings. The Bertz CT molecular complexity index is 789. The third-order valence-electron chi connectivity index (χ3n) is 2.87. The van der Waals surface area contributed by atoms with Gasteiger partial charge in [-0.05, 0) is 29.6 Å². The minimum Gasteiger partial charge on any atom is -0.372 e. The number of nitrogens with one attached hydrogen (secondary N) is 1. The summed E-state index contributed by atoms with van der Waals surface area (Å²) in [5.41, 5.74) is 0. The summed E-state index contributed by atoms with van der Waals surface area (Å²) in [6.45, 7) is 0. The van der Waals surface area contributed by atoms with Crippen LogP contribution >= 0.6 is 23.1 Å². The van der Waals surface area contributed by atoms with E-state index >= 15 is 0 Å². The molecule has 2 aromatic heterocycles. The molecule has 0 unspecified atom stereocenters. The van der Waals surface area contributed by atoms with Crippen LogP contribution in [0.2, 0.25) is 0 Å². The van der Waals surface area contributed by atoms with Crippen molar-refractivity contribution in [2.75, 3.05) is 12.4 Å². The third kappa shape index (κ3) is 2.98. The van der Waals surface area contributed by atoms with Gasteiger partial charge in [0.05, 0.1) is 11.1 Å². The second-order valence-electron chi connectivity index (χ2n) is 4.24. The smallest absolute Gasteiger partial charge is 0.159 e. The first-order chi connectivity index (χ1) is 10.2. The van der Waals surface area contributed by atoms with E-state index in [-0.39, 0.29) is 0 Å². The second kappa shape index (κ2) is 5.95. The van der Waals surface area contributed by atoms with Crippen molar-refractivity contribution >= 4 is 39.1 Å². The molecule has 7 heteroatoms. The monoisotopic (exact) mass is 323 g/mol. The number of fused-ring (bicyclic) bond motifs is 1. The van der Waals surface area contributed by atoms with Crippen LogP contribution in [0.5, 0.6) is 0 Å². The fourth-order valence-corrected chi connectivity index (χ4v) is 3.43. The average molecular weight is 323 g/mol. The van der Waals surface area contributed by atoms with Crippen molar-refractivity contribution in [3.63, 3.8) is 0 Å². The van der Waals surface area contributed by atoms with Gasteiger partial charge in [-0.15, -0.1) is 23.1 Å². The quantitative estimate of drug-likeness (QED) is 0.726. The highest BCUT2D eigenvalue weighted by Crippen LogP contribution is 2.28. The van der Waals surface area contributed by atoms with Crippen LogP contribution in [0.1, 0.15) is 5.82 Å². The van der Waals surface area contributed by atoms with Crippen molar-refractivity contribution in [1.29, 1.82) is 0 Å². The zero-order valence-corrected chi connectivity index (χ0v) is 12.7. The number of benzene rings is 1. The molecule has 1 N–H and O–H groups in total. The zero-order valence-electron chi connectivity index (χ0n) is 11.1. The predicted octanol–water partition coefficient (Wildman–Crippen LogP) is 4.30. The summed E-state index contributed by atoms with van der Waals surface area (Å²) in [4.78, 5) is 10.5. The highest BCUT2D eigenvalue weighted by atomic mass is 32.2. The van der Waals surface area contributed by atoms with E-state index in [1.165, 1.54) is 17.8 Å². The molecule has 0 saturated carbocycles. The van der Waals surface area contributed by atoms with Crippen LogP contribution < -0.4 is 5.32 Å². The molecule has 0 spiro atoms. The molecule has 1 aromatic carbocycles. The van der Waals surface area contributed by atoms with Crippen molar-refractivity contribution in [1.82, 2.24) is 9.97 Å². The van der Waals surface area contributed by atoms with Crippen LogP contribution in [0.4, 0.5) is 14.6 Å². The molecule has 3 nitrogen and oxygen atoms in total. The van der Waals surface area contributed by atoms with Crippen LogP contribution in [0, 0.1) is 11.6 Å². The minimum absolute atomic E-state index is 0.494. The second-order valence-corrected chi connectivity index (χ2v) is 6.19. The Labute approximate surface area is 128 Å². The van der Waals surface area contributed by atoms with Gasteiger partial charge in [0.2, 0.25) is 0 Å². The molecule has 0 radical (unpaired) electrons. The lowest BCUT2D eigenvalue weighted by Gasteiger charge is -2.05. The number of thioether (sulfide) groups is 1. The van der Waals surface area contributed by atoms with Crippen molar-refractivity contribution in [3.05, 3.63) is 47.1 Å². The summed E-state index contributed by atoms with van der Waals surface area (Å²) in [5, 5.41) is 6.00. The molecule has 0 aliphatic carbocycles. The summed E-state index contributed by atoms with van der Waals surface area (Å²) >= 11 is 2.92. The van der Waals surface area contributed by atoms with E-state index in [1.807, 2.05) is 18.5 Å². The largest absolute Gasteiger partial charge is 0.372 e. The molecule has 108 valence electrons. The highest BCUT2D eigenvalue weighted by Gasteiger charge is 2.09. The molecule has 0 aliphatic rings. The Morgan fingerprint density at radius 3 is 2.81 bits per heavy atom. The molecule has 21 heavy (non-hydrogen) atoms. The number of aromatic nitrogens is 2. The van der Waals surface area contributed by atoms with E-state index in [2.05, 4.69) is 15.3 Å². The third-order valence-corrected chi connectivity index (χ3v) is 4.66. The number of hydrogen-bond donors (Lipinski definition) is 1. The van der Waals surface area contributed by atoms with E-state index < -0.39 is 11.6 Å². The molecular formula is C14H11F2N3S2. The van der Waals surface area contributed by atoms with Crippen LogP contribution in [-0.4, -0.2) is 17.0 Å². The Kier molecular flexibility index (Phi) is 4.03. The van der Waals surface area contributed by atoms with Crippen LogP contribution in [0.3, 0.4) is 0 Å². The molecule has 3 aromatic rings. The van der Waals surface area contributed by atoms with E-state index in [9.17, 15) is 8.78 Å². The first-order valence-electron chi connectivity index (χ1n) is 6.17. The fourth-order valence-electron chi connectivity index (χ4n) is 1.87. The molecule has 2 heterocycles. The summed E-state index contributed by atoms with van der Waals surface area (Å²) in [6, 6.07) is 5.83. The van der Waals surface area contributed by atoms with Crippen LogP contribution in [-0.2, 0) is 5.75 Å². The summed E-state index contributed by atoms with van der Waals surface area (Å²) in [7, 11) is 1.81. The van der Waals surface area contributed by atoms with Crippen molar-refractivity contribution < 1.29 is 8.78 Å². The Morgan fingerprint density at radius 2 is 2.05 bits per heavy atom. The maximum atomic E-state index is 13.2. The van der Waals surface area contributed by atoms with Crippen molar-refractivity contribution in [2.45, 2.75) is 10.6 Å². The number of halogens is 2. The predicted molar refractivity (Wildman–Crippen MR) is 82.9 cm³/mol. The Balaban J connectivity index is 1.82. The van der Waals surface area contributed by atoms with Gasteiger partial charge in [0.1, 0.15) is 16.5 Å². The van der Waals surface area contributed by atoms with Gasteiger partial charge in [-0.3, -0.25) is 0 Å². The van der Waals surface area contributed by atoms with E-state index in [0.29, 0.717) is 16.5 Å². The van der Waals surface area contributed by atoms with Gasteiger partial charge in [0.15, 0.2) is 11.6 Å². The Hall–Kier alpha value is -1.73. The maximum absolute atomic E-state index is 13.2. The molecule has 0 atom stereocenters. The molecule has 0 saturated heterocycles. The topological polar surface area (TPSA) is 37.8 Å². The normalized spacial score (nSPS) is 11.0. The Morgan fingerprint density at radius 1 is 1.19 bits per heavy atom. The molecule has 3 rings (SSSR count). The highest BCUT2D eigenvalue weighted by molar-refractivity contribution is 7.98. The first-order valence-corrected chi connectivity index (χ1v) is 8.03. The number of hydrogen-bond acceptors (Lipinski definition) is 5.